The molecule has 1 aromatic heterocycles. The topological polar surface area (TPSA) is 46.0 Å². The van der Waals surface area contributed by atoms with E-state index in [0.29, 0.717) is 5.82 Å². The van der Waals surface area contributed by atoms with Crippen molar-refractivity contribution < 1.29 is 5.11 Å². The van der Waals surface area contributed by atoms with Crippen molar-refractivity contribution in [2.45, 2.75) is 39.7 Å². The lowest BCUT2D eigenvalue weighted by Gasteiger charge is -2.16. The van der Waals surface area contributed by atoms with Crippen LogP contribution >= 0.6 is 0 Å². The highest BCUT2D eigenvalue weighted by Gasteiger charge is 2.20. The van der Waals surface area contributed by atoms with Crippen LogP contribution in [0.15, 0.2) is 6.07 Å². The molecule has 3 nitrogen and oxygen atoms in total. The summed E-state index contributed by atoms with van der Waals surface area (Å²) in [6.07, 6.45) is 0.867. The first-order valence-electron chi connectivity index (χ1n) is 4.51. The molecule has 0 radical (unpaired) electrons. The predicted octanol–water partition coefficient (Wildman–Crippen LogP) is 1.57. The summed E-state index contributed by atoms with van der Waals surface area (Å²) >= 11 is 0. The maximum Gasteiger partial charge on any atom is 0.159 e. The Balaban J connectivity index is 3.16. The Morgan fingerprint density at radius 2 is 2.00 bits per heavy atom. The fraction of sp³-hybridized carbons (Fsp3) is 0.600. The zero-order valence-electron chi connectivity index (χ0n) is 8.63. The van der Waals surface area contributed by atoms with E-state index in [1.165, 1.54) is 0 Å². The minimum atomic E-state index is -0.948. The number of aliphatic hydroxyl groups is 1. The second-order valence-electron chi connectivity index (χ2n) is 3.74. The van der Waals surface area contributed by atoms with Gasteiger partial charge in [0.05, 0.1) is 0 Å². The summed E-state index contributed by atoms with van der Waals surface area (Å²) in [6, 6.07) is 1.94. The molecule has 0 aliphatic rings. The fourth-order valence-corrected chi connectivity index (χ4v) is 1.09. The Hall–Kier alpha value is -0.960. The lowest BCUT2D eigenvalue weighted by Crippen LogP contribution is -2.20. The van der Waals surface area contributed by atoms with E-state index in [1.807, 2.05) is 19.9 Å². The number of hydrogen-bond acceptors (Lipinski definition) is 3. The molecule has 1 heterocycles. The van der Waals surface area contributed by atoms with E-state index >= 15 is 0 Å². The van der Waals surface area contributed by atoms with Crippen LogP contribution in [0.5, 0.6) is 0 Å². The Kier molecular flexibility index (Phi) is 2.66. The van der Waals surface area contributed by atoms with Crippen molar-refractivity contribution in [2.24, 2.45) is 0 Å². The quantitative estimate of drug-likeness (QED) is 0.751. The molecule has 0 aromatic carbocycles. The summed E-state index contributed by atoms with van der Waals surface area (Å²) in [5.41, 5.74) is 0.934. The van der Waals surface area contributed by atoms with Crippen molar-refractivity contribution in [3.05, 3.63) is 23.3 Å². The molecule has 0 unspecified atom stereocenters. The van der Waals surface area contributed by atoms with Crippen LogP contribution < -0.4 is 0 Å². The first-order valence-corrected chi connectivity index (χ1v) is 4.51. The lowest BCUT2D eigenvalue weighted by molar-refractivity contribution is 0.0682. The standard InChI is InChI=1S/C10H16N2O/c1-5-8-6-7(2)11-9(12-8)10(3,4)13/h6,13H,5H2,1-4H3. The van der Waals surface area contributed by atoms with Crippen LogP contribution in [0.1, 0.15) is 38.0 Å². The van der Waals surface area contributed by atoms with E-state index in [9.17, 15) is 5.11 Å². The third-order valence-corrected chi connectivity index (χ3v) is 1.82. The second-order valence-corrected chi connectivity index (χ2v) is 3.74. The van der Waals surface area contributed by atoms with Crippen LogP contribution in [0.2, 0.25) is 0 Å². The fourth-order valence-electron chi connectivity index (χ4n) is 1.09. The van der Waals surface area contributed by atoms with Crippen LogP contribution in [0, 0.1) is 6.92 Å². The zero-order valence-corrected chi connectivity index (χ0v) is 8.63. The van der Waals surface area contributed by atoms with E-state index in [1.54, 1.807) is 13.8 Å². The van der Waals surface area contributed by atoms with Crippen molar-refractivity contribution in [2.75, 3.05) is 0 Å². The van der Waals surface area contributed by atoms with Gasteiger partial charge >= 0.3 is 0 Å². The maximum atomic E-state index is 9.71. The molecule has 1 rings (SSSR count). The molecule has 0 amide bonds. The molecule has 0 atom stereocenters. The average molecular weight is 180 g/mol. The maximum absolute atomic E-state index is 9.71. The molecule has 0 saturated heterocycles. The van der Waals surface area contributed by atoms with Crippen LogP contribution in [-0.2, 0) is 12.0 Å². The molecule has 0 spiro atoms. The molecule has 0 saturated carbocycles. The van der Waals surface area contributed by atoms with Crippen LogP contribution in [-0.4, -0.2) is 15.1 Å². The van der Waals surface area contributed by atoms with E-state index < -0.39 is 5.60 Å². The van der Waals surface area contributed by atoms with Crippen molar-refractivity contribution in [3.8, 4) is 0 Å². The summed E-state index contributed by atoms with van der Waals surface area (Å²) < 4.78 is 0. The molecule has 1 N–H and O–H groups in total. The van der Waals surface area contributed by atoms with Crippen LogP contribution in [0.3, 0.4) is 0 Å². The Bertz CT molecular complexity index is 302. The number of aryl methyl sites for hydroxylation is 2. The normalized spacial score (nSPS) is 11.8. The van der Waals surface area contributed by atoms with Crippen molar-refractivity contribution in [1.82, 2.24) is 9.97 Å². The van der Waals surface area contributed by atoms with Gasteiger partial charge in [-0.2, -0.15) is 0 Å². The van der Waals surface area contributed by atoms with Gasteiger partial charge in [-0.3, -0.25) is 0 Å². The number of nitrogens with zero attached hydrogens (tertiary/aromatic N) is 2. The van der Waals surface area contributed by atoms with Crippen molar-refractivity contribution in [3.63, 3.8) is 0 Å². The number of hydrogen-bond donors (Lipinski definition) is 1. The van der Waals surface area contributed by atoms with E-state index in [0.717, 1.165) is 17.8 Å². The summed E-state index contributed by atoms with van der Waals surface area (Å²) in [5, 5.41) is 9.71. The first kappa shape index (κ1) is 10.1. The Morgan fingerprint density at radius 1 is 1.38 bits per heavy atom. The molecule has 0 bridgehead atoms. The van der Waals surface area contributed by atoms with Gasteiger partial charge in [-0.15, -0.1) is 0 Å². The molecule has 13 heavy (non-hydrogen) atoms. The van der Waals surface area contributed by atoms with Gasteiger partial charge in [0.15, 0.2) is 5.82 Å². The summed E-state index contributed by atoms with van der Waals surface area (Å²) in [6.45, 7) is 7.34. The van der Waals surface area contributed by atoms with Gasteiger partial charge in [0.1, 0.15) is 5.60 Å². The smallest absolute Gasteiger partial charge is 0.159 e. The highest BCUT2D eigenvalue weighted by molar-refractivity contribution is 5.12. The van der Waals surface area contributed by atoms with Crippen molar-refractivity contribution >= 4 is 0 Å². The van der Waals surface area contributed by atoms with E-state index in [2.05, 4.69) is 9.97 Å². The second kappa shape index (κ2) is 3.42. The summed E-state index contributed by atoms with van der Waals surface area (Å²) in [5.74, 6) is 0.504. The van der Waals surface area contributed by atoms with Gasteiger partial charge in [0.2, 0.25) is 0 Å². The third-order valence-electron chi connectivity index (χ3n) is 1.82. The highest BCUT2D eigenvalue weighted by Crippen LogP contribution is 2.15. The molecule has 0 aliphatic carbocycles. The molecular weight excluding hydrogens is 164 g/mol. The van der Waals surface area contributed by atoms with E-state index in [-0.39, 0.29) is 0 Å². The van der Waals surface area contributed by atoms with Gasteiger partial charge in [-0.25, -0.2) is 9.97 Å². The highest BCUT2D eigenvalue weighted by atomic mass is 16.3. The summed E-state index contributed by atoms with van der Waals surface area (Å²) in [7, 11) is 0. The molecule has 0 fully saturated rings. The monoisotopic (exact) mass is 180 g/mol. The molecule has 72 valence electrons. The SMILES string of the molecule is CCc1cc(C)nc(C(C)(C)O)n1. The zero-order chi connectivity index (χ0) is 10.1. The third kappa shape index (κ3) is 2.49. The average Bonchev–Trinajstić information content (AvgIpc) is 2.01. The van der Waals surface area contributed by atoms with Crippen molar-refractivity contribution in [1.29, 1.82) is 0 Å². The first-order chi connectivity index (χ1) is 5.93. The largest absolute Gasteiger partial charge is 0.382 e. The Morgan fingerprint density at radius 3 is 2.46 bits per heavy atom. The molecule has 0 aliphatic heterocycles. The van der Waals surface area contributed by atoms with Gasteiger partial charge in [-0.1, -0.05) is 6.92 Å². The van der Waals surface area contributed by atoms with Gasteiger partial charge in [0, 0.05) is 11.4 Å². The summed E-state index contributed by atoms with van der Waals surface area (Å²) in [4.78, 5) is 8.45. The van der Waals surface area contributed by atoms with E-state index in [4.69, 9.17) is 0 Å². The van der Waals surface area contributed by atoms with Gasteiger partial charge in [-0.05, 0) is 33.3 Å². The number of rotatable bonds is 2. The molecule has 3 heteroatoms. The Labute approximate surface area is 78.9 Å². The number of aromatic nitrogens is 2. The van der Waals surface area contributed by atoms with Gasteiger partial charge in [0.25, 0.3) is 0 Å². The lowest BCUT2D eigenvalue weighted by atomic mass is 10.1. The molecular formula is C10H16N2O. The molecule has 1 aromatic rings. The predicted molar refractivity (Wildman–Crippen MR) is 51.4 cm³/mol. The van der Waals surface area contributed by atoms with Crippen LogP contribution in [0.4, 0.5) is 0 Å². The van der Waals surface area contributed by atoms with Crippen LogP contribution in [0.25, 0.3) is 0 Å². The van der Waals surface area contributed by atoms with Gasteiger partial charge < -0.3 is 5.11 Å². The minimum Gasteiger partial charge on any atom is -0.382 e. The minimum absolute atomic E-state index is 0.504.